The van der Waals surface area contributed by atoms with Gasteiger partial charge in [-0.15, -0.1) is 0 Å². The summed E-state index contributed by atoms with van der Waals surface area (Å²) in [4.78, 5) is 15.9. The van der Waals surface area contributed by atoms with Gasteiger partial charge in [-0.3, -0.25) is 9.52 Å². The second kappa shape index (κ2) is 7.80. The van der Waals surface area contributed by atoms with Gasteiger partial charge in [0.05, 0.1) is 22.6 Å². The molecule has 0 radical (unpaired) electrons. The van der Waals surface area contributed by atoms with Gasteiger partial charge in [0.25, 0.3) is 10.0 Å². The first-order chi connectivity index (χ1) is 15.0. The van der Waals surface area contributed by atoms with Crippen LogP contribution in [0.3, 0.4) is 0 Å². The summed E-state index contributed by atoms with van der Waals surface area (Å²) >= 11 is 0. The zero-order valence-electron chi connectivity index (χ0n) is 17.4. The van der Waals surface area contributed by atoms with Crippen molar-refractivity contribution in [1.29, 1.82) is 0 Å². The molecule has 1 saturated heterocycles. The molecule has 0 spiro atoms. The van der Waals surface area contributed by atoms with E-state index in [0.29, 0.717) is 5.69 Å². The molecular weight excluding hydrogens is 410 g/mol. The molecule has 31 heavy (non-hydrogen) atoms. The number of carbonyl (C=O) groups excluding carboxylic acids is 1. The predicted molar refractivity (Wildman–Crippen MR) is 122 cm³/mol. The Morgan fingerprint density at radius 2 is 1.84 bits per heavy atom. The first-order valence-corrected chi connectivity index (χ1v) is 12.4. The van der Waals surface area contributed by atoms with Gasteiger partial charge in [-0.05, 0) is 67.6 Å². The van der Waals surface area contributed by atoms with E-state index < -0.39 is 15.4 Å². The highest BCUT2D eigenvalue weighted by molar-refractivity contribution is 7.95. The molecule has 3 aliphatic rings. The third-order valence-electron chi connectivity index (χ3n) is 6.62. The summed E-state index contributed by atoms with van der Waals surface area (Å²) in [5.41, 5.74) is 2.75. The monoisotopic (exact) mass is 437 g/mol. The van der Waals surface area contributed by atoms with Gasteiger partial charge >= 0.3 is 0 Å². The van der Waals surface area contributed by atoms with Crippen LogP contribution in [0.1, 0.15) is 48.4 Å². The van der Waals surface area contributed by atoms with Crippen LogP contribution in [0.15, 0.2) is 53.9 Å². The minimum absolute atomic E-state index is 0.0229. The van der Waals surface area contributed by atoms with Crippen LogP contribution < -0.4 is 10.0 Å². The van der Waals surface area contributed by atoms with Crippen molar-refractivity contribution in [3.8, 4) is 0 Å². The highest BCUT2D eigenvalue weighted by Gasteiger charge is 2.52. The molecule has 2 aromatic carbocycles. The zero-order valence-corrected chi connectivity index (χ0v) is 18.2. The van der Waals surface area contributed by atoms with Crippen LogP contribution in [-0.2, 0) is 20.2 Å². The SMILES string of the molecule is O=C(N[C@H](CN1CCCC1)c1ccccc1)C1(c2ccc3c(c2)NS(=O)(=O)C=C3)CC1. The van der Waals surface area contributed by atoms with Gasteiger partial charge in [0.15, 0.2) is 0 Å². The lowest BCUT2D eigenvalue weighted by Gasteiger charge is -2.27. The molecule has 7 heteroatoms. The fourth-order valence-electron chi connectivity index (χ4n) is 4.65. The van der Waals surface area contributed by atoms with Crippen LogP contribution in [0.25, 0.3) is 6.08 Å². The molecule has 1 amide bonds. The van der Waals surface area contributed by atoms with Crippen molar-refractivity contribution in [2.45, 2.75) is 37.1 Å². The lowest BCUT2D eigenvalue weighted by atomic mass is 9.92. The molecule has 6 nitrogen and oxygen atoms in total. The fourth-order valence-corrected chi connectivity index (χ4v) is 5.53. The summed E-state index contributed by atoms with van der Waals surface area (Å²) in [6.45, 7) is 2.95. The van der Waals surface area contributed by atoms with E-state index in [-0.39, 0.29) is 11.9 Å². The van der Waals surface area contributed by atoms with Crippen molar-refractivity contribution >= 4 is 27.7 Å². The van der Waals surface area contributed by atoms with Crippen LogP contribution >= 0.6 is 0 Å². The van der Waals surface area contributed by atoms with Gasteiger partial charge < -0.3 is 10.2 Å². The Hall–Kier alpha value is -2.64. The van der Waals surface area contributed by atoms with Crippen molar-refractivity contribution in [2.24, 2.45) is 0 Å². The van der Waals surface area contributed by atoms with E-state index in [1.807, 2.05) is 36.4 Å². The molecule has 2 heterocycles. The Kier molecular flexibility index (Phi) is 5.10. The number of nitrogens with one attached hydrogen (secondary N) is 2. The molecule has 2 aromatic rings. The Morgan fingerprint density at radius 3 is 2.55 bits per heavy atom. The molecule has 0 bridgehead atoms. The summed E-state index contributed by atoms with van der Waals surface area (Å²) in [5.74, 6) is 0.0229. The van der Waals surface area contributed by atoms with E-state index in [4.69, 9.17) is 0 Å². The van der Waals surface area contributed by atoms with Crippen LogP contribution in [0, 0.1) is 0 Å². The van der Waals surface area contributed by atoms with Gasteiger partial charge in [-0.25, -0.2) is 8.42 Å². The van der Waals surface area contributed by atoms with Crippen molar-refractivity contribution in [3.63, 3.8) is 0 Å². The van der Waals surface area contributed by atoms with E-state index in [2.05, 4.69) is 27.1 Å². The van der Waals surface area contributed by atoms with Gasteiger partial charge in [-0.2, -0.15) is 0 Å². The Morgan fingerprint density at radius 1 is 1.10 bits per heavy atom. The van der Waals surface area contributed by atoms with Gasteiger partial charge in [0.2, 0.25) is 5.91 Å². The van der Waals surface area contributed by atoms with Crippen molar-refractivity contribution in [1.82, 2.24) is 10.2 Å². The number of anilines is 1. The quantitative estimate of drug-likeness (QED) is 0.726. The maximum atomic E-state index is 13.5. The largest absolute Gasteiger partial charge is 0.347 e. The summed E-state index contributed by atoms with van der Waals surface area (Å²) in [6.07, 6.45) is 5.54. The molecular formula is C24H27N3O3S. The minimum atomic E-state index is -3.46. The molecule has 2 fully saturated rings. The summed E-state index contributed by atoms with van der Waals surface area (Å²) in [6, 6.07) is 15.7. The number of fused-ring (bicyclic) bond motifs is 1. The zero-order chi connectivity index (χ0) is 21.5. The lowest BCUT2D eigenvalue weighted by Crippen LogP contribution is -2.42. The first-order valence-electron chi connectivity index (χ1n) is 10.9. The van der Waals surface area contributed by atoms with Crippen molar-refractivity contribution in [3.05, 3.63) is 70.6 Å². The Balaban J connectivity index is 1.39. The van der Waals surface area contributed by atoms with E-state index in [1.165, 1.54) is 12.8 Å². The molecule has 2 N–H and O–H groups in total. The van der Waals surface area contributed by atoms with Crippen LogP contribution in [0.4, 0.5) is 5.69 Å². The maximum absolute atomic E-state index is 13.5. The third-order valence-corrected chi connectivity index (χ3v) is 7.62. The number of sulfonamides is 1. The highest BCUT2D eigenvalue weighted by atomic mass is 32.2. The Bertz CT molecular complexity index is 1120. The van der Waals surface area contributed by atoms with Crippen molar-refractivity contribution < 1.29 is 13.2 Å². The lowest BCUT2D eigenvalue weighted by molar-refractivity contribution is -0.124. The fraction of sp³-hybridized carbons (Fsp3) is 0.375. The number of likely N-dealkylation sites (tertiary alicyclic amines) is 1. The molecule has 0 aromatic heterocycles. The molecule has 2 aliphatic heterocycles. The summed E-state index contributed by atoms with van der Waals surface area (Å²) < 4.78 is 26.4. The minimum Gasteiger partial charge on any atom is -0.347 e. The number of benzene rings is 2. The van der Waals surface area contributed by atoms with Crippen LogP contribution in [-0.4, -0.2) is 38.9 Å². The van der Waals surface area contributed by atoms with E-state index in [0.717, 1.165) is 54.6 Å². The molecule has 1 aliphatic carbocycles. The smallest absolute Gasteiger partial charge is 0.255 e. The Labute approximate surface area is 183 Å². The average molecular weight is 438 g/mol. The molecule has 1 atom stereocenters. The first kappa shape index (κ1) is 20.3. The van der Waals surface area contributed by atoms with Crippen LogP contribution in [0.2, 0.25) is 0 Å². The molecule has 1 saturated carbocycles. The van der Waals surface area contributed by atoms with Gasteiger partial charge in [0, 0.05) is 6.54 Å². The second-order valence-electron chi connectivity index (χ2n) is 8.78. The number of nitrogens with zero attached hydrogens (tertiary/aromatic N) is 1. The van der Waals surface area contributed by atoms with Gasteiger partial charge in [0.1, 0.15) is 0 Å². The van der Waals surface area contributed by atoms with E-state index in [1.54, 1.807) is 6.08 Å². The normalized spacial score (nSPS) is 21.7. The van der Waals surface area contributed by atoms with Crippen LogP contribution in [0.5, 0.6) is 0 Å². The number of hydrogen-bond donors (Lipinski definition) is 2. The number of rotatable bonds is 6. The third kappa shape index (κ3) is 4.12. The maximum Gasteiger partial charge on any atom is 0.255 e. The van der Waals surface area contributed by atoms with E-state index in [9.17, 15) is 13.2 Å². The molecule has 162 valence electrons. The predicted octanol–water partition coefficient (Wildman–Crippen LogP) is 3.40. The molecule has 0 unspecified atom stereocenters. The highest BCUT2D eigenvalue weighted by Crippen LogP contribution is 2.50. The number of carbonyl (C=O) groups is 1. The number of amides is 1. The summed E-state index contributed by atoms with van der Waals surface area (Å²) in [7, 11) is -3.46. The standard InChI is InChI=1S/C24H27N3O3S/c28-23(25-22(17-27-13-4-5-14-27)18-6-2-1-3-7-18)24(11-12-24)20-9-8-19-10-15-31(29,30)26-21(19)16-20/h1-3,6-10,15-16,22,26H,4-5,11-14,17H2,(H,25,28)/t22-/m1/s1. The topological polar surface area (TPSA) is 78.5 Å². The second-order valence-corrected chi connectivity index (χ2v) is 10.3. The average Bonchev–Trinajstić information content (AvgIpc) is 3.43. The summed E-state index contributed by atoms with van der Waals surface area (Å²) in [5, 5.41) is 4.49. The van der Waals surface area contributed by atoms with Gasteiger partial charge in [-0.1, -0.05) is 42.5 Å². The van der Waals surface area contributed by atoms with E-state index >= 15 is 0 Å². The number of hydrogen-bond acceptors (Lipinski definition) is 4. The molecule has 5 rings (SSSR count). The van der Waals surface area contributed by atoms with Crippen molar-refractivity contribution in [2.75, 3.05) is 24.4 Å².